The van der Waals surface area contributed by atoms with E-state index in [0.29, 0.717) is 18.7 Å². The minimum atomic E-state index is 0.513. The Labute approximate surface area is 90.3 Å². The van der Waals surface area contributed by atoms with E-state index in [9.17, 15) is 0 Å². The van der Waals surface area contributed by atoms with Crippen molar-refractivity contribution >= 4 is 11.5 Å². The molecular formula is C11H16N4. The molecule has 0 radical (unpaired) electrons. The number of nitrogen functional groups attached to an aromatic ring is 1. The fourth-order valence-corrected chi connectivity index (χ4v) is 1.34. The number of aryl methyl sites for hydroxylation is 1. The number of hydrogen-bond acceptors (Lipinski definition) is 4. The van der Waals surface area contributed by atoms with E-state index in [1.807, 2.05) is 19.9 Å². The molecule has 15 heavy (non-hydrogen) atoms. The van der Waals surface area contributed by atoms with Crippen LogP contribution in [0.2, 0.25) is 0 Å². The summed E-state index contributed by atoms with van der Waals surface area (Å²) in [6.45, 7) is 5.56. The quantitative estimate of drug-likeness (QED) is 0.810. The Hall–Kier alpha value is -1.76. The number of rotatable bonds is 4. The van der Waals surface area contributed by atoms with Crippen LogP contribution in [0.3, 0.4) is 0 Å². The zero-order valence-electron chi connectivity index (χ0n) is 9.20. The first-order valence-electron chi connectivity index (χ1n) is 5.03. The van der Waals surface area contributed by atoms with Crippen molar-refractivity contribution in [3.8, 4) is 6.07 Å². The summed E-state index contributed by atoms with van der Waals surface area (Å²) in [5.41, 5.74) is 7.42. The number of nitrogens with two attached hydrogens (primary N) is 1. The highest BCUT2D eigenvalue weighted by atomic mass is 15.2. The molecule has 0 saturated heterocycles. The van der Waals surface area contributed by atoms with Crippen molar-refractivity contribution in [3.05, 3.63) is 17.8 Å². The van der Waals surface area contributed by atoms with E-state index in [-0.39, 0.29) is 0 Å². The smallest absolute Gasteiger partial charge is 0.128 e. The van der Waals surface area contributed by atoms with Crippen LogP contribution in [0.25, 0.3) is 0 Å². The highest BCUT2D eigenvalue weighted by Gasteiger charge is 2.06. The molecule has 0 fully saturated rings. The summed E-state index contributed by atoms with van der Waals surface area (Å²) in [5, 5.41) is 8.54. The van der Waals surface area contributed by atoms with E-state index in [1.54, 1.807) is 6.20 Å². The molecule has 0 amide bonds. The predicted octanol–water partition coefficient (Wildman–Crippen LogP) is 1.71. The van der Waals surface area contributed by atoms with E-state index < -0.39 is 0 Å². The molecule has 0 aromatic carbocycles. The van der Waals surface area contributed by atoms with Crippen molar-refractivity contribution in [2.45, 2.75) is 20.3 Å². The second-order valence-electron chi connectivity index (χ2n) is 3.39. The molecular weight excluding hydrogens is 188 g/mol. The zero-order valence-corrected chi connectivity index (χ0v) is 9.20. The van der Waals surface area contributed by atoms with E-state index in [1.165, 1.54) is 0 Å². The molecule has 1 heterocycles. The number of aromatic nitrogens is 1. The molecule has 0 unspecified atom stereocenters. The zero-order chi connectivity index (χ0) is 11.3. The lowest BCUT2D eigenvalue weighted by molar-refractivity contribution is 0.810. The maximum atomic E-state index is 8.54. The third-order valence-corrected chi connectivity index (χ3v) is 2.34. The van der Waals surface area contributed by atoms with Crippen LogP contribution in [0.1, 0.15) is 18.9 Å². The molecule has 0 bridgehead atoms. The molecule has 80 valence electrons. The SMILES string of the molecule is CCN(CCC#N)c1cc(C)c(N)cn1. The van der Waals surface area contributed by atoms with E-state index in [2.05, 4.69) is 16.0 Å². The number of nitriles is 1. The van der Waals surface area contributed by atoms with Gasteiger partial charge in [-0.15, -0.1) is 0 Å². The van der Waals surface area contributed by atoms with Gasteiger partial charge in [0.1, 0.15) is 5.82 Å². The summed E-state index contributed by atoms with van der Waals surface area (Å²) in [4.78, 5) is 6.32. The first kappa shape index (κ1) is 11.3. The lowest BCUT2D eigenvalue weighted by atomic mass is 10.2. The van der Waals surface area contributed by atoms with Gasteiger partial charge in [-0.1, -0.05) is 0 Å². The van der Waals surface area contributed by atoms with Crippen molar-refractivity contribution in [2.24, 2.45) is 0 Å². The molecule has 0 aliphatic rings. The van der Waals surface area contributed by atoms with Gasteiger partial charge in [-0.05, 0) is 25.5 Å². The van der Waals surface area contributed by atoms with Gasteiger partial charge in [0.2, 0.25) is 0 Å². The van der Waals surface area contributed by atoms with Crippen molar-refractivity contribution in [2.75, 3.05) is 23.7 Å². The summed E-state index contributed by atoms with van der Waals surface area (Å²) in [6.07, 6.45) is 2.18. The standard InChI is InChI=1S/C11H16N4/c1-3-15(6-4-5-12)11-7-9(2)10(13)8-14-11/h7-8H,3-4,6,13H2,1-2H3. The number of anilines is 2. The largest absolute Gasteiger partial charge is 0.397 e. The van der Waals surface area contributed by atoms with Crippen LogP contribution in [-0.4, -0.2) is 18.1 Å². The average Bonchev–Trinajstić information content (AvgIpc) is 2.24. The Bertz CT molecular complexity index is 367. The van der Waals surface area contributed by atoms with Crippen LogP contribution in [-0.2, 0) is 0 Å². The van der Waals surface area contributed by atoms with Crippen molar-refractivity contribution in [3.63, 3.8) is 0 Å². The Kier molecular flexibility index (Phi) is 3.92. The van der Waals surface area contributed by atoms with Gasteiger partial charge in [-0.2, -0.15) is 5.26 Å². The lowest BCUT2D eigenvalue weighted by Gasteiger charge is -2.21. The van der Waals surface area contributed by atoms with E-state index >= 15 is 0 Å². The number of hydrogen-bond donors (Lipinski definition) is 1. The molecule has 0 aliphatic carbocycles. The van der Waals surface area contributed by atoms with Crippen LogP contribution in [0.4, 0.5) is 11.5 Å². The lowest BCUT2D eigenvalue weighted by Crippen LogP contribution is -2.24. The van der Waals surface area contributed by atoms with Gasteiger partial charge >= 0.3 is 0 Å². The molecule has 2 N–H and O–H groups in total. The van der Waals surface area contributed by atoms with Gasteiger partial charge in [-0.25, -0.2) is 4.98 Å². The molecule has 0 atom stereocenters. The second kappa shape index (κ2) is 5.20. The number of nitrogens with zero attached hydrogens (tertiary/aromatic N) is 3. The van der Waals surface area contributed by atoms with Crippen LogP contribution in [0, 0.1) is 18.3 Å². The minimum absolute atomic E-state index is 0.513. The van der Waals surface area contributed by atoms with E-state index in [4.69, 9.17) is 11.0 Å². The van der Waals surface area contributed by atoms with Crippen LogP contribution in [0.15, 0.2) is 12.3 Å². The van der Waals surface area contributed by atoms with Crippen molar-refractivity contribution in [1.29, 1.82) is 5.26 Å². The van der Waals surface area contributed by atoms with Crippen LogP contribution in [0.5, 0.6) is 0 Å². The highest BCUT2D eigenvalue weighted by Crippen LogP contribution is 2.16. The number of pyridine rings is 1. The second-order valence-corrected chi connectivity index (χ2v) is 3.39. The van der Waals surface area contributed by atoms with Crippen molar-refractivity contribution < 1.29 is 0 Å². The van der Waals surface area contributed by atoms with Gasteiger partial charge < -0.3 is 10.6 Å². The first-order chi connectivity index (χ1) is 7.19. The predicted molar refractivity (Wildman–Crippen MR) is 61.5 cm³/mol. The van der Waals surface area contributed by atoms with E-state index in [0.717, 1.165) is 17.9 Å². The Morgan fingerprint density at radius 3 is 2.87 bits per heavy atom. The maximum absolute atomic E-state index is 8.54. The minimum Gasteiger partial charge on any atom is -0.397 e. The molecule has 1 aromatic heterocycles. The van der Waals surface area contributed by atoms with Gasteiger partial charge in [0.25, 0.3) is 0 Å². The normalized spacial score (nSPS) is 9.67. The van der Waals surface area contributed by atoms with Gasteiger partial charge in [0, 0.05) is 13.1 Å². The summed E-state index contributed by atoms with van der Waals surface area (Å²) in [7, 11) is 0. The third kappa shape index (κ3) is 2.84. The highest BCUT2D eigenvalue weighted by molar-refractivity contribution is 5.52. The maximum Gasteiger partial charge on any atom is 0.128 e. The molecule has 0 spiro atoms. The molecule has 4 nitrogen and oxygen atoms in total. The molecule has 1 rings (SSSR count). The summed E-state index contributed by atoms with van der Waals surface area (Å²) in [6, 6.07) is 4.09. The topological polar surface area (TPSA) is 65.9 Å². The van der Waals surface area contributed by atoms with Gasteiger partial charge in [-0.3, -0.25) is 0 Å². The van der Waals surface area contributed by atoms with Gasteiger partial charge in [0.15, 0.2) is 0 Å². The summed E-state index contributed by atoms with van der Waals surface area (Å²) in [5.74, 6) is 0.888. The van der Waals surface area contributed by atoms with Gasteiger partial charge in [0.05, 0.1) is 24.4 Å². The monoisotopic (exact) mass is 204 g/mol. The first-order valence-corrected chi connectivity index (χ1v) is 5.03. The molecule has 4 heteroatoms. The van der Waals surface area contributed by atoms with Crippen LogP contribution < -0.4 is 10.6 Å². The Balaban J connectivity index is 2.83. The molecule has 0 aliphatic heterocycles. The molecule has 0 saturated carbocycles. The Morgan fingerprint density at radius 2 is 2.33 bits per heavy atom. The fourth-order valence-electron chi connectivity index (χ4n) is 1.34. The fraction of sp³-hybridized carbons (Fsp3) is 0.455. The summed E-state index contributed by atoms with van der Waals surface area (Å²) < 4.78 is 0. The van der Waals surface area contributed by atoms with Crippen LogP contribution >= 0.6 is 0 Å². The molecule has 1 aromatic rings. The van der Waals surface area contributed by atoms with Crippen molar-refractivity contribution in [1.82, 2.24) is 4.98 Å². The third-order valence-electron chi connectivity index (χ3n) is 2.34. The Morgan fingerprint density at radius 1 is 1.60 bits per heavy atom. The summed E-state index contributed by atoms with van der Waals surface area (Å²) >= 11 is 0. The average molecular weight is 204 g/mol.